The van der Waals surface area contributed by atoms with Crippen molar-refractivity contribution in [3.8, 4) is 0 Å². The van der Waals surface area contributed by atoms with Crippen LogP contribution in [-0.4, -0.2) is 15.8 Å². The lowest BCUT2D eigenvalue weighted by molar-refractivity contribution is 0.0996. The zero-order chi connectivity index (χ0) is 18.8. The Balaban J connectivity index is 1.69. The lowest BCUT2D eigenvalue weighted by atomic mass is 10.1. The summed E-state index contributed by atoms with van der Waals surface area (Å²) < 4.78 is 0. The fourth-order valence-electron chi connectivity index (χ4n) is 3.19. The van der Waals surface area contributed by atoms with Crippen molar-refractivity contribution in [2.45, 2.75) is 19.8 Å². The first-order chi connectivity index (χ1) is 13.1. The molecule has 134 valence electrons. The maximum atomic E-state index is 12.8. The van der Waals surface area contributed by atoms with Gasteiger partial charge in [0.2, 0.25) is 0 Å². The number of ketones is 1. The van der Waals surface area contributed by atoms with Crippen LogP contribution in [0.5, 0.6) is 0 Å². The summed E-state index contributed by atoms with van der Waals surface area (Å²) in [5.74, 6) is 0.632. The molecule has 0 radical (unpaired) electrons. The zero-order valence-electron chi connectivity index (χ0n) is 14.9. The van der Waals surface area contributed by atoms with Crippen LogP contribution in [0.25, 0.3) is 10.2 Å². The maximum absolute atomic E-state index is 12.8. The molecule has 2 aromatic carbocycles. The van der Waals surface area contributed by atoms with Crippen molar-refractivity contribution >= 4 is 27.3 Å². The molecule has 0 aliphatic carbocycles. The molecule has 0 aliphatic heterocycles. The van der Waals surface area contributed by atoms with E-state index in [1.54, 1.807) is 0 Å². The van der Waals surface area contributed by atoms with E-state index in [1.807, 2.05) is 67.6 Å². The Morgan fingerprint density at radius 3 is 2.30 bits per heavy atom. The molecule has 0 spiro atoms. The molecule has 2 heterocycles. The molecule has 0 unspecified atom stereocenters. The summed E-state index contributed by atoms with van der Waals surface area (Å²) >= 11 is 1.31. The van der Waals surface area contributed by atoms with Crippen LogP contribution >= 0.6 is 11.3 Å². The smallest absolute Gasteiger partial charge is 0.259 e. The number of nitrogens with one attached hydrogen (secondary N) is 1. The van der Waals surface area contributed by atoms with Gasteiger partial charge in [-0.15, -0.1) is 11.3 Å². The predicted octanol–water partition coefficient (Wildman–Crippen LogP) is 4.31. The number of H-pyrrole nitrogens is 1. The van der Waals surface area contributed by atoms with Crippen LogP contribution in [0.1, 0.15) is 32.2 Å². The monoisotopic (exact) mass is 374 g/mol. The maximum Gasteiger partial charge on any atom is 0.259 e. The molecule has 4 rings (SSSR count). The van der Waals surface area contributed by atoms with Gasteiger partial charge in [-0.05, 0) is 23.6 Å². The van der Waals surface area contributed by atoms with E-state index < -0.39 is 0 Å². The van der Waals surface area contributed by atoms with Crippen molar-refractivity contribution in [3.05, 3.63) is 98.4 Å². The number of fused-ring (bicyclic) bond motifs is 1. The molecular formula is C22H18N2O2S. The van der Waals surface area contributed by atoms with Crippen LogP contribution in [0.4, 0.5) is 0 Å². The zero-order valence-corrected chi connectivity index (χ0v) is 15.7. The number of aromatic nitrogens is 2. The van der Waals surface area contributed by atoms with Gasteiger partial charge < -0.3 is 4.98 Å². The van der Waals surface area contributed by atoms with Crippen LogP contribution in [0, 0.1) is 6.92 Å². The number of hydrogen-bond acceptors (Lipinski definition) is 4. The van der Waals surface area contributed by atoms with Crippen molar-refractivity contribution in [2.24, 2.45) is 0 Å². The van der Waals surface area contributed by atoms with E-state index in [1.165, 1.54) is 11.3 Å². The summed E-state index contributed by atoms with van der Waals surface area (Å²) in [6.45, 7) is 1.82. The van der Waals surface area contributed by atoms with Gasteiger partial charge in [-0.25, -0.2) is 4.98 Å². The van der Waals surface area contributed by atoms with Crippen LogP contribution < -0.4 is 5.56 Å². The molecular weight excluding hydrogens is 356 g/mol. The Morgan fingerprint density at radius 2 is 1.63 bits per heavy atom. The molecule has 0 saturated carbocycles. The van der Waals surface area contributed by atoms with Crippen molar-refractivity contribution < 1.29 is 4.79 Å². The lowest BCUT2D eigenvalue weighted by Crippen LogP contribution is -2.12. The number of hydrogen-bond donors (Lipinski definition) is 1. The Hall–Kier alpha value is -3.05. The Kier molecular flexibility index (Phi) is 4.69. The van der Waals surface area contributed by atoms with E-state index in [2.05, 4.69) is 9.97 Å². The van der Waals surface area contributed by atoms with E-state index >= 15 is 0 Å². The normalized spacial score (nSPS) is 11.0. The SMILES string of the molecule is Cc1c(C(=O)Cc2ccccc2)sc2nc(Cc3ccccc3)[nH]c(=O)c12. The number of carbonyl (C=O) groups excluding carboxylic acids is 1. The summed E-state index contributed by atoms with van der Waals surface area (Å²) in [5.41, 5.74) is 2.58. The number of Topliss-reactive ketones (excluding diaryl/α,β-unsaturated/α-hetero) is 1. The van der Waals surface area contributed by atoms with E-state index in [9.17, 15) is 9.59 Å². The molecule has 0 fully saturated rings. The summed E-state index contributed by atoms with van der Waals surface area (Å²) in [4.78, 5) is 34.1. The fraction of sp³-hybridized carbons (Fsp3) is 0.136. The van der Waals surface area contributed by atoms with Crippen LogP contribution in [0.2, 0.25) is 0 Å². The average molecular weight is 374 g/mol. The third-order valence-corrected chi connectivity index (χ3v) is 5.75. The second kappa shape index (κ2) is 7.29. The molecule has 0 amide bonds. The van der Waals surface area contributed by atoms with Gasteiger partial charge in [0, 0.05) is 12.8 Å². The first-order valence-electron chi connectivity index (χ1n) is 8.75. The first kappa shape index (κ1) is 17.4. The second-order valence-electron chi connectivity index (χ2n) is 6.50. The minimum absolute atomic E-state index is 0.0192. The topological polar surface area (TPSA) is 62.8 Å². The highest BCUT2D eigenvalue weighted by Gasteiger charge is 2.19. The summed E-state index contributed by atoms with van der Waals surface area (Å²) in [6.07, 6.45) is 0.875. The highest BCUT2D eigenvalue weighted by atomic mass is 32.1. The van der Waals surface area contributed by atoms with Crippen molar-refractivity contribution in [3.63, 3.8) is 0 Å². The van der Waals surface area contributed by atoms with Gasteiger partial charge in [0.25, 0.3) is 5.56 Å². The van der Waals surface area contributed by atoms with Gasteiger partial charge in [-0.1, -0.05) is 60.7 Å². The van der Waals surface area contributed by atoms with Gasteiger partial charge >= 0.3 is 0 Å². The minimum Gasteiger partial charge on any atom is -0.310 e. The van der Waals surface area contributed by atoms with Gasteiger partial charge in [0.1, 0.15) is 10.7 Å². The van der Waals surface area contributed by atoms with Crippen LogP contribution in [0.3, 0.4) is 0 Å². The molecule has 0 aliphatic rings. The number of benzene rings is 2. The standard InChI is InChI=1S/C22H18N2O2S/c1-14-19-21(26)23-18(13-16-10-6-3-7-11-16)24-22(19)27-20(14)17(25)12-15-8-4-2-5-9-15/h2-11H,12-13H2,1H3,(H,23,24,26). The lowest BCUT2D eigenvalue weighted by Gasteiger charge is -2.01. The fourth-order valence-corrected chi connectivity index (χ4v) is 4.33. The quantitative estimate of drug-likeness (QED) is 0.530. The number of rotatable bonds is 5. The molecule has 0 bridgehead atoms. The number of aromatic amines is 1. The predicted molar refractivity (Wildman–Crippen MR) is 109 cm³/mol. The number of thiophene rings is 1. The summed E-state index contributed by atoms with van der Waals surface area (Å²) in [6, 6.07) is 19.5. The van der Waals surface area contributed by atoms with Crippen LogP contribution in [0.15, 0.2) is 65.5 Å². The van der Waals surface area contributed by atoms with E-state index in [4.69, 9.17) is 0 Å². The Labute approximate surface area is 160 Å². The minimum atomic E-state index is -0.182. The van der Waals surface area contributed by atoms with Crippen LogP contribution in [-0.2, 0) is 12.8 Å². The first-order valence-corrected chi connectivity index (χ1v) is 9.57. The molecule has 27 heavy (non-hydrogen) atoms. The van der Waals surface area contributed by atoms with E-state index in [0.29, 0.717) is 33.8 Å². The Bertz CT molecular complexity index is 1160. The van der Waals surface area contributed by atoms with E-state index in [-0.39, 0.29) is 11.3 Å². The summed E-state index contributed by atoms with van der Waals surface area (Å²) in [7, 11) is 0. The molecule has 1 N–H and O–H groups in total. The third-order valence-electron chi connectivity index (χ3n) is 4.52. The number of aryl methyl sites for hydroxylation is 1. The van der Waals surface area contributed by atoms with Gasteiger partial charge in [-0.2, -0.15) is 0 Å². The summed E-state index contributed by atoms with van der Waals surface area (Å²) in [5, 5.41) is 0.522. The highest BCUT2D eigenvalue weighted by Crippen LogP contribution is 2.28. The third kappa shape index (κ3) is 3.59. The average Bonchev–Trinajstić information content (AvgIpc) is 3.00. The molecule has 0 atom stereocenters. The number of carbonyl (C=O) groups is 1. The number of nitrogens with zero attached hydrogens (tertiary/aromatic N) is 1. The van der Waals surface area contributed by atoms with Crippen molar-refractivity contribution in [1.82, 2.24) is 9.97 Å². The Morgan fingerprint density at radius 1 is 1.00 bits per heavy atom. The molecule has 0 saturated heterocycles. The van der Waals surface area contributed by atoms with Gasteiger partial charge in [-0.3, -0.25) is 9.59 Å². The van der Waals surface area contributed by atoms with Crippen molar-refractivity contribution in [1.29, 1.82) is 0 Å². The van der Waals surface area contributed by atoms with Gasteiger partial charge in [0.05, 0.1) is 10.3 Å². The molecule has 4 aromatic rings. The largest absolute Gasteiger partial charge is 0.310 e. The van der Waals surface area contributed by atoms with E-state index in [0.717, 1.165) is 16.7 Å². The molecule has 5 heteroatoms. The second-order valence-corrected chi connectivity index (χ2v) is 7.50. The highest BCUT2D eigenvalue weighted by molar-refractivity contribution is 7.20. The van der Waals surface area contributed by atoms with Crippen molar-refractivity contribution in [2.75, 3.05) is 0 Å². The molecule has 2 aromatic heterocycles. The van der Waals surface area contributed by atoms with Gasteiger partial charge in [0.15, 0.2) is 5.78 Å². The molecule has 4 nitrogen and oxygen atoms in total.